The van der Waals surface area contributed by atoms with Gasteiger partial charge in [-0.25, -0.2) is 0 Å². The number of hydrogen-bond acceptors (Lipinski definition) is 4. The Balaban J connectivity index is 1.74. The second kappa shape index (κ2) is 3.49. The average molecular weight is 183 g/mol. The molecule has 3 nitrogen and oxygen atoms in total. The Morgan fingerprint density at radius 3 is 3.17 bits per heavy atom. The van der Waals surface area contributed by atoms with Gasteiger partial charge < -0.3 is 5.32 Å². The van der Waals surface area contributed by atoms with E-state index in [9.17, 15) is 0 Å². The molecule has 0 radical (unpaired) electrons. The molecule has 0 spiro atoms. The molecule has 1 aromatic rings. The van der Waals surface area contributed by atoms with Crippen molar-refractivity contribution >= 4 is 11.5 Å². The first-order chi connectivity index (χ1) is 5.86. The van der Waals surface area contributed by atoms with Crippen LogP contribution in [0.15, 0.2) is 5.38 Å². The monoisotopic (exact) mass is 183 g/mol. The van der Waals surface area contributed by atoms with Gasteiger partial charge in [0.25, 0.3) is 0 Å². The molecule has 0 amide bonds. The molecule has 0 aromatic carbocycles. The zero-order valence-corrected chi connectivity index (χ0v) is 7.97. The third-order valence-electron chi connectivity index (χ3n) is 2.34. The van der Waals surface area contributed by atoms with Gasteiger partial charge in [-0.05, 0) is 37.2 Å². The first kappa shape index (κ1) is 8.13. The topological polar surface area (TPSA) is 37.8 Å². The van der Waals surface area contributed by atoms with E-state index in [4.69, 9.17) is 0 Å². The van der Waals surface area contributed by atoms with Crippen LogP contribution in [-0.4, -0.2) is 15.6 Å². The van der Waals surface area contributed by atoms with Gasteiger partial charge in [-0.1, -0.05) is 4.49 Å². The van der Waals surface area contributed by atoms with Crippen LogP contribution in [0.2, 0.25) is 0 Å². The van der Waals surface area contributed by atoms with E-state index >= 15 is 0 Å². The molecule has 1 fully saturated rings. The van der Waals surface area contributed by atoms with Crippen LogP contribution in [0.4, 0.5) is 0 Å². The van der Waals surface area contributed by atoms with Gasteiger partial charge in [0.05, 0.1) is 5.69 Å². The largest absolute Gasteiger partial charge is 0.308 e. The second-order valence-electron chi connectivity index (χ2n) is 3.40. The van der Waals surface area contributed by atoms with Crippen molar-refractivity contribution in [1.82, 2.24) is 14.9 Å². The zero-order chi connectivity index (χ0) is 8.39. The maximum atomic E-state index is 3.97. The predicted octanol–water partition coefficient (Wildman–Crippen LogP) is 1.43. The number of nitrogens with zero attached hydrogens (tertiary/aromatic N) is 2. The number of hydrogen-bond donors (Lipinski definition) is 1. The molecular weight excluding hydrogens is 170 g/mol. The van der Waals surface area contributed by atoms with Crippen LogP contribution in [0, 0.1) is 5.92 Å². The molecular formula is C8H13N3S. The van der Waals surface area contributed by atoms with Crippen LogP contribution < -0.4 is 5.32 Å². The number of nitrogens with one attached hydrogen (secondary N) is 1. The van der Waals surface area contributed by atoms with Crippen LogP contribution >= 0.6 is 11.5 Å². The van der Waals surface area contributed by atoms with Crippen molar-refractivity contribution in [1.29, 1.82) is 0 Å². The highest BCUT2D eigenvalue weighted by molar-refractivity contribution is 7.03. The molecule has 1 aliphatic rings. The number of aromatic nitrogens is 2. The van der Waals surface area contributed by atoms with E-state index in [2.05, 4.69) is 21.8 Å². The van der Waals surface area contributed by atoms with Gasteiger partial charge in [0.1, 0.15) is 0 Å². The Kier molecular flexibility index (Phi) is 2.37. The predicted molar refractivity (Wildman–Crippen MR) is 48.9 cm³/mol. The fourth-order valence-corrected chi connectivity index (χ4v) is 1.74. The van der Waals surface area contributed by atoms with Crippen LogP contribution in [-0.2, 0) is 6.54 Å². The second-order valence-corrected chi connectivity index (χ2v) is 4.01. The molecule has 2 rings (SSSR count). The summed E-state index contributed by atoms with van der Waals surface area (Å²) in [6, 6.07) is 0.645. The lowest BCUT2D eigenvalue weighted by atomic mass is 10.2. The molecule has 0 saturated heterocycles. The van der Waals surface area contributed by atoms with Crippen LogP contribution in [0.5, 0.6) is 0 Å². The molecule has 1 unspecified atom stereocenters. The fourth-order valence-electron chi connectivity index (χ4n) is 1.29. The summed E-state index contributed by atoms with van der Waals surface area (Å²) in [6.07, 6.45) is 2.78. The first-order valence-corrected chi connectivity index (χ1v) is 5.19. The molecule has 12 heavy (non-hydrogen) atoms. The standard InChI is InChI=1S/C8H13N3S/c1-6(7-2-3-7)9-4-8-5-12-11-10-8/h5-7,9H,2-4H2,1H3. The summed E-state index contributed by atoms with van der Waals surface area (Å²) in [4.78, 5) is 0. The molecule has 1 heterocycles. The van der Waals surface area contributed by atoms with Crippen molar-refractivity contribution in [2.24, 2.45) is 5.92 Å². The summed E-state index contributed by atoms with van der Waals surface area (Å²) in [5, 5.41) is 9.42. The average Bonchev–Trinajstić information content (AvgIpc) is 2.80. The summed E-state index contributed by atoms with van der Waals surface area (Å²) in [5.74, 6) is 0.914. The van der Waals surface area contributed by atoms with Crippen molar-refractivity contribution in [2.45, 2.75) is 32.4 Å². The lowest BCUT2D eigenvalue weighted by molar-refractivity contribution is 0.492. The zero-order valence-electron chi connectivity index (χ0n) is 7.16. The highest BCUT2D eigenvalue weighted by Gasteiger charge is 2.27. The maximum Gasteiger partial charge on any atom is 0.0893 e. The van der Waals surface area contributed by atoms with Gasteiger partial charge in [0, 0.05) is 18.0 Å². The van der Waals surface area contributed by atoms with Gasteiger partial charge in [0.2, 0.25) is 0 Å². The summed E-state index contributed by atoms with van der Waals surface area (Å²) >= 11 is 1.41. The Labute approximate surface area is 76.4 Å². The minimum Gasteiger partial charge on any atom is -0.308 e. The van der Waals surface area contributed by atoms with E-state index in [1.807, 2.05) is 5.38 Å². The summed E-state index contributed by atoms with van der Waals surface area (Å²) < 4.78 is 3.81. The maximum absolute atomic E-state index is 3.97. The minimum atomic E-state index is 0.645. The Morgan fingerprint density at radius 1 is 1.75 bits per heavy atom. The van der Waals surface area contributed by atoms with E-state index in [1.165, 1.54) is 24.4 Å². The molecule has 1 saturated carbocycles. The lowest BCUT2D eigenvalue weighted by Crippen LogP contribution is -2.27. The van der Waals surface area contributed by atoms with E-state index < -0.39 is 0 Å². The molecule has 66 valence electrons. The van der Waals surface area contributed by atoms with Crippen molar-refractivity contribution in [2.75, 3.05) is 0 Å². The van der Waals surface area contributed by atoms with Gasteiger partial charge in [-0.3, -0.25) is 0 Å². The highest BCUT2D eigenvalue weighted by Crippen LogP contribution is 2.32. The smallest absolute Gasteiger partial charge is 0.0893 e. The summed E-state index contributed by atoms with van der Waals surface area (Å²) in [5.41, 5.74) is 1.06. The summed E-state index contributed by atoms with van der Waals surface area (Å²) in [7, 11) is 0. The molecule has 4 heteroatoms. The van der Waals surface area contributed by atoms with Crippen LogP contribution in [0.1, 0.15) is 25.5 Å². The Hall–Kier alpha value is -0.480. The fraction of sp³-hybridized carbons (Fsp3) is 0.750. The lowest BCUT2D eigenvalue weighted by Gasteiger charge is -2.10. The van der Waals surface area contributed by atoms with Crippen LogP contribution in [0.3, 0.4) is 0 Å². The molecule has 0 aliphatic heterocycles. The Bertz CT molecular complexity index is 230. The molecule has 0 bridgehead atoms. The third-order valence-corrected chi connectivity index (χ3v) is 2.89. The van der Waals surface area contributed by atoms with Gasteiger partial charge >= 0.3 is 0 Å². The van der Waals surface area contributed by atoms with E-state index in [0.717, 1.165) is 18.2 Å². The molecule has 1 aromatic heterocycles. The molecule has 1 aliphatic carbocycles. The van der Waals surface area contributed by atoms with Crippen molar-refractivity contribution in [3.63, 3.8) is 0 Å². The van der Waals surface area contributed by atoms with Crippen LogP contribution in [0.25, 0.3) is 0 Å². The Morgan fingerprint density at radius 2 is 2.58 bits per heavy atom. The van der Waals surface area contributed by atoms with E-state index in [1.54, 1.807) is 0 Å². The van der Waals surface area contributed by atoms with Gasteiger partial charge in [-0.15, -0.1) is 5.10 Å². The molecule has 1 N–H and O–H groups in total. The normalized spacial score (nSPS) is 19.4. The van der Waals surface area contributed by atoms with Gasteiger partial charge in [0.15, 0.2) is 0 Å². The van der Waals surface area contributed by atoms with E-state index in [-0.39, 0.29) is 0 Å². The number of rotatable bonds is 4. The van der Waals surface area contributed by atoms with Gasteiger partial charge in [-0.2, -0.15) is 0 Å². The van der Waals surface area contributed by atoms with E-state index in [0.29, 0.717) is 6.04 Å². The highest BCUT2D eigenvalue weighted by atomic mass is 32.1. The van der Waals surface area contributed by atoms with Crippen molar-refractivity contribution < 1.29 is 0 Å². The molecule has 1 atom stereocenters. The van der Waals surface area contributed by atoms with Crippen molar-refractivity contribution in [3.05, 3.63) is 11.1 Å². The SMILES string of the molecule is CC(NCc1csnn1)C1CC1. The quantitative estimate of drug-likeness (QED) is 0.767. The minimum absolute atomic E-state index is 0.645. The summed E-state index contributed by atoms with van der Waals surface area (Å²) in [6.45, 7) is 3.12. The third kappa shape index (κ3) is 2.01. The van der Waals surface area contributed by atoms with Crippen molar-refractivity contribution in [3.8, 4) is 0 Å². The first-order valence-electron chi connectivity index (χ1n) is 4.35.